The molecule has 2 aromatic heterocycles. The van der Waals surface area contributed by atoms with E-state index in [1.165, 1.54) is 15.9 Å². The summed E-state index contributed by atoms with van der Waals surface area (Å²) in [5.41, 5.74) is 1.47. The molecule has 7 nitrogen and oxygen atoms in total. The quantitative estimate of drug-likeness (QED) is 0.455. The van der Waals surface area contributed by atoms with Gasteiger partial charge in [-0.15, -0.1) is 5.10 Å². The Kier molecular flexibility index (Phi) is 5.67. The Morgan fingerprint density at radius 1 is 1.07 bits per heavy atom. The van der Waals surface area contributed by atoms with Crippen LogP contribution >= 0.6 is 11.3 Å². The number of methoxy groups -OCH3 is 2. The van der Waals surface area contributed by atoms with Gasteiger partial charge in [-0.05, 0) is 48.4 Å². The zero-order valence-electron chi connectivity index (χ0n) is 16.9. The highest BCUT2D eigenvalue weighted by Gasteiger charge is 2.14. The van der Waals surface area contributed by atoms with Crippen LogP contribution in [0.3, 0.4) is 0 Å². The third-order valence-corrected chi connectivity index (χ3v) is 5.43. The first-order valence-electron chi connectivity index (χ1n) is 9.49. The summed E-state index contributed by atoms with van der Waals surface area (Å²) in [5.74, 6) is 2.48. The Morgan fingerprint density at radius 2 is 1.83 bits per heavy atom. The van der Waals surface area contributed by atoms with Gasteiger partial charge in [0.25, 0.3) is 5.56 Å². The van der Waals surface area contributed by atoms with Gasteiger partial charge in [-0.25, -0.2) is 0 Å². The molecule has 0 aliphatic rings. The standard InChI is InChI=1S/C22H21N3O4S/c1-4-11-29-16-8-5-14(6-9-16)12-19-21(26)25-22(30-19)23-20(24-25)15-7-10-17(27-2)18(13-15)28-3/h5-10,12-13H,4,11H2,1-3H3/b19-12-. The van der Waals surface area contributed by atoms with Crippen LogP contribution in [0.2, 0.25) is 0 Å². The third kappa shape index (κ3) is 3.86. The molecular formula is C22H21N3O4S. The van der Waals surface area contributed by atoms with Crippen LogP contribution < -0.4 is 24.3 Å². The fourth-order valence-electron chi connectivity index (χ4n) is 2.96. The molecule has 2 heterocycles. The molecule has 0 atom stereocenters. The Hall–Kier alpha value is -3.39. The van der Waals surface area contributed by atoms with E-state index in [1.807, 2.05) is 36.4 Å². The number of hydrogen-bond donors (Lipinski definition) is 0. The van der Waals surface area contributed by atoms with Crippen molar-refractivity contribution in [1.29, 1.82) is 0 Å². The van der Waals surface area contributed by atoms with Crippen LogP contribution in [0.15, 0.2) is 47.3 Å². The van der Waals surface area contributed by atoms with Crippen LogP contribution in [0, 0.1) is 0 Å². The molecule has 4 aromatic rings. The number of hydrogen-bond acceptors (Lipinski definition) is 7. The van der Waals surface area contributed by atoms with Crippen molar-refractivity contribution in [1.82, 2.24) is 14.6 Å². The fourth-order valence-corrected chi connectivity index (χ4v) is 3.87. The molecule has 154 valence electrons. The van der Waals surface area contributed by atoms with Crippen LogP contribution in [0.5, 0.6) is 17.2 Å². The molecule has 2 aromatic carbocycles. The Morgan fingerprint density at radius 3 is 2.50 bits per heavy atom. The van der Waals surface area contributed by atoms with Gasteiger partial charge in [0.05, 0.1) is 25.4 Å². The van der Waals surface area contributed by atoms with Crippen LogP contribution in [-0.2, 0) is 0 Å². The molecule has 0 spiro atoms. The second-order valence-corrected chi connectivity index (χ2v) is 7.54. The van der Waals surface area contributed by atoms with Gasteiger partial charge >= 0.3 is 0 Å². The largest absolute Gasteiger partial charge is 0.494 e. The van der Waals surface area contributed by atoms with Crippen molar-refractivity contribution in [2.75, 3.05) is 20.8 Å². The maximum Gasteiger partial charge on any atom is 0.291 e. The Bertz CT molecular complexity index is 1280. The first-order chi connectivity index (χ1) is 14.6. The number of thiazole rings is 1. The van der Waals surface area contributed by atoms with E-state index in [9.17, 15) is 4.79 Å². The summed E-state index contributed by atoms with van der Waals surface area (Å²) in [7, 11) is 3.15. The minimum absolute atomic E-state index is 0.194. The lowest BCUT2D eigenvalue weighted by atomic mass is 10.2. The van der Waals surface area contributed by atoms with Gasteiger partial charge in [-0.3, -0.25) is 4.79 Å². The van der Waals surface area contributed by atoms with E-state index in [0.29, 0.717) is 33.4 Å². The number of rotatable bonds is 7. The van der Waals surface area contributed by atoms with Crippen LogP contribution in [0.4, 0.5) is 0 Å². The summed E-state index contributed by atoms with van der Waals surface area (Å²) < 4.78 is 18.1. The lowest BCUT2D eigenvalue weighted by molar-refractivity contribution is 0.317. The van der Waals surface area contributed by atoms with Gasteiger partial charge in [-0.1, -0.05) is 30.4 Å². The molecule has 0 N–H and O–H groups in total. The fraction of sp³-hybridized carbons (Fsp3) is 0.227. The molecule has 0 aliphatic carbocycles. The molecule has 0 fully saturated rings. The summed E-state index contributed by atoms with van der Waals surface area (Å²) in [6, 6.07) is 13.1. The molecule has 0 saturated carbocycles. The van der Waals surface area contributed by atoms with Gasteiger partial charge < -0.3 is 14.2 Å². The molecule has 0 amide bonds. The van der Waals surface area contributed by atoms with Crippen molar-refractivity contribution in [3.8, 4) is 28.6 Å². The van der Waals surface area contributed by atoms with Crippen molar-refractivity contribution in [2.45, 2.75) is 13.3 Å². The molecule has 30 heavy (non-hydrogen) atoms. The number of nitrogens with zero attached hydrogens (tertiary/aromatic N) is 3. The predicted octanol–water partition coefficient (Wildman–Crippen LogP) is 3.17. The van der Waals surface area contributed by atoms with Gasteiger partial charge in [0, 0.05) is 5.56 Å². The summed E-state index contributed by atoms with van der Waals surface area (Å²) in [6.45, 7) is 2.75. The summed E-state index contributed by atoms with van der Waals surface area (Å²) in [4.78, 5) is 17.8. The van der Waals surface area contributed by atoms with E-state index in [2.05, 4.69) is 17.0 Å². The van der Waals surface area contributed by atoms with E-state index in [0.717, 1.165) is 23.3 Å². The highest BCUT2D eigenvalue weighted by molar-refractivity contribution is 7.15. The van der Waals surface area contributed by atoms with Crippen molar-refractivity contribution in [3.05, 3.63) is 62.9 Å². The second kappa shape index (κ2) is 8.54. The van der Waals surface area contributed by atoms with Crippen molar-refractivity contribution >= 4 is 22.4 Å². The smallest absolute Gasteiger partial charge is 0.291 e. The lowest BCUT2D eigenvalue weighted by Gasteiger charge is -2.07. The number of benzene rings is 2. The van der Waals surface area contributed by atoms with Gasteiger partial charge in [0.15, 0.2) is 17.3 Å². The van der Waals surface area contributed by atoms with Crippen molar-refractivity contribution in [2.24, 2.45) is 0 Å². The first kappa shape index (κ1) is 19.9. The van der Waals surface area contributed by atoms with Gasteiger partial charge in [0.1, 0.15) is 5.75 Å². The van der Waals surface area contributed by atoms with E-state index in [1.54, 1.807) is 26.4 Å². The molecule has 0 aliphatic heterocycles. The van der Waals surface area contributed by atoms with Crippen LogP contribution in [0.1, 0.15) is 18.9 Å². The zero-order valence-corrected chi connectivity index (χ0v) is 17.7. The molecular weight excluding hydrogens is 402 g/mol. The molecule has 4 rings (SSSR count). The molecule has 0 bridgehead atoms. The summed E-state index contributed by atoms with van der Waals surface area (Å²) in [6.07, 6.45) is 2.80. The highest BCUT2D eigenvalue weighted by Crippen LogP contribution is 2.31. The van der Waals surface area contributed by atoms with E-state index in [4.69, 9.17) is 14.2 Å². The third-order valence-electron chi connectivity index (χ3n) is 4.47. The first-order valence-corrected chi connectivity index (χ1v) is 10.3. The molecule has 0 saturated heterocycles. The van der Waals surface area contributed by atoms with Crippen LogP contribution in [0.25, 0.3) is 22.4 Å². The highest BCUT2D eigenvalue weighted by atomic mass is 32.1. The topological polar surface area (TPSA) is 74.9 Å². The zero-order chi connectivity index (χ0) is 21.1. The Balaban J connectivity index is 1.66. The predicted molar refractivity (Wildman–Crippen MR) is 117 cm³/mol. The van der Waals surface area contributed by atoms with Gasteiger partial charge in [-0.2, -0.15) is 9.50 Å². The average molecular weight is 423 g/mol. The summed E-state index contributed by atoms with van der Waals surface area (Å²) >= 11 is 1.30. The van der Waals surface area contributed by atoms with E-state index < -0.39 is 0 Å². The second-order valence-electron chi connectivity index (χ2n) is 6.53. The van der Waals surface area contributed by atoms with E-state index in [-0.39, 0.29) is 5.56 Å². The van der Waals surface area contributed by atoms with E-state index >= 15 is 0 Å². The lowest BCUT2D eigenvalue weighted by Crippen LogP contribution is -2.23. The average Bonchev–Trinajstić information content (AvgIpc) is 3.32. The minimum Gasteiger partial charge on any atom is -0.494 e. The monoisotopic (exact) mass is 423 g/mol. The van der Waals surface area contributed by atoms with Crippen molar-refractivity contribution < 1.29 is 14.2 Å². The van der Waals surface area contributed by atoms with Crippen LogP contribution in [-0.4, -0.2) is 35.4 Å². The minimum atomic E-state index is -0.194. The SMILES string of the molecule is CCCOc1ccc(/C=c2\sc3nc(-c4ccc(OC)c(OC)c4)nn3c2=O)cc1. The number of fused-ring (bicyclic) bond motifs is 1. The maximum absolute atomic E-state index is 12.8. The van der Waals surface area contributed by atoms with Gasteiger partial charge in [0.2, 0.25) is 4.96 Å². The Labute approximate surface area is 177 Å². The maximum atomic E-state index is 12.8. The molecule has 0 radical (unpaired) electrons. The molecule has 0 unspecified atom stereocenters. The molecule has 8 heteroatoms. The number of ether oxygens (including phenoxy) is 3. The normalized spacial score (nSPS) is 11.8. The van der Waals surface area contributed by atoms with Crippen molar-refractivity contribution in [3.63, 3.8) is 0 Å². The number of aromatic nitrogens is 3. The summed E-state index contributed by atoms with van der Waals surface area (Å²) in [5, 5.41) is 4.39.